The lowest BCUT2D eigenvalue weighted by Gasteiger charge is -2.43. The SMILES string of the molecule is C[C@](O)(CN1CCN(C(=O)O)CC1CC=Cc1ccc(C(F)(F)F)cc1)Cn1cc([N+](=O)[O-])nc1Sc1ccc([N+](=O)[O-])cc1. The number of benzene rings is 2. The summed E-state index contributed by atoms with van der Waals surface area (Å²) in [7, 11) is 0. The molecular formula is C28H29F3N6O7S. The third-order valence-electron chi connectivity index (χ3n) is 7.06. The Morgan fingerprint density at radius 3 is 2.31 bits per heavy atom. The second-order valence-electron chi connectivity index (χ2n) is 10.7. The van der Waals surface area contributed by atoms with E-state index in [1.807, 2.05) is 4.90 Å². The van der Waals surface area contributed by atoms with Crippen LogP contribution in [0.25, 0.3) is 6.08 Å². The minimum absolute atomic E-state index is 0.0624. The molecule has 3 aromatic rings. The Morgan fingerprint density at radius 1 is 1.07 bits per heavy atom. The highest BCUT2D eigenvalue weighted by molar-refractivity contribution is 7.99. The van der Waals surface area contributed by atoms with Gasteiger partial charge < -0.3 is 25.2 Å². The minimum Gasteiger partial charge on any atom is -0.465 e. The Balaban J connectivity index is 1.49. The standard InChI is InChI=1S/C28H29F3N6O7S/c1-27(40,18-35-16-24(37(43)44)32-25(35)45-23-11-9-21(10-12-23)36(41)42)17-34-14-13-33(26(38)39)15-22(34)4-2-3-19-5-7-20(8-6-19)28(29,30)31/h2-3,5-12,16,22,40H,4,13-15,17-18H2,1H3,(H,38,39)/t22?,27-/m0/s1. The van der Waals surface area contributed by atoms with Gasteiger partial charge in [0.2, 0.25) is 0 Å². The maximum absolute atomic E-state index is 12.9. The van der Waals surface area contributed by atoms with Crippen LogP contribution in [0, 0.1) is 20.2 Å². The lowest BCUT2D eigenvalue weighted by Crippen LogP contribution is -2.58. The number of non-ortho nitro benzene ring substituents is 1. The van der Waals surface area contributed by atoms with E-state index in [-0.39, 0.29) is 49.6 Å². The van der Waals surface area contributed by atoms with Gasteiger partial charge in [0.15, 0.2) is 0 Å². The van der Waals surface area contributed by atoms with Crippen molar-refractivity contribution in [3.63, 3.8) is 0 Å². The van der Waals surface area contributed by atoms with Crippen molar-refractivity contribution in [1.82, 2.24) is 19.4 Å². The Labute approximate surface area is 258 Å². The fraction of sp³-hybridized carbons (Fsp3) is 0.357. The summed E-state index contributed by atoms with van der Waals surface area (Å²) < 4.78 is 40.0. The van der Waals surface area contributed by atoms with Crippen LogP contribution in [0.4, 0.5) is 29.5 Å². The third-order valence-corrected chi connectivity index (χ3v) is 8.07. The lowest BCUT2D eigenvalue weighted by atomic mass is 10.0. The molecule has 0 radical (unpaired) electrons. The summed E-state index contributed by atoms with van der Waals surface area (Å²) in [6.07, 6.45) is -0.653. The van der Waals surface area contributed by atoms with Crippen molar-refractivity contribution in [3.05, 3.63) is 92.2 Å². The number of imidazole rings is 1. The van der Waals surface area contributed by atoms with Crippen molar-refractivity contribution in [2.24, 2.45) is 0 Å². The van der Waals surface area contributed by atoms with Gasteiger partial charge in [0.1, 0.15) is 6.20 Å². The summed E-state index contributed by atoms with van der Waals surface area (Å²) in [5.41, 5.74) is -1.83. The molecule has 1 fully saturated rings. The number of nitro groups is 2. The number of hydrogen-bond donors (Lipinski definition) is 2. The van der Waals surface area contributed by atoms with E-state index in [1.165, 1.54) is 59.0 Å². The third kappa shape index (κ3) is 9.02. The number of aliphatic hydroxyl groups is 1. The van der Waals surface area contributed by atoms with Crippen LogP contribution in [0.5, 0.6) is 0 Å². The highest BCUT2D eigenvalue weighted by atomic mass is 32.2. The molecule has 0 bridgehead atoms. The molecule has 2 atom stereocenters. The predicted octanol–water partition coefficient (Wildman–Crippen LogP) is 5.39. The average Bonchev–Trinajstić information content (AvgIpc) is 3.35. The Hall–Kier alpha value is -4.48. The molecule has 1 amide bonds. The summed E-state index contributed by atoms with van der Waals surface area (Å²) in [6.45, 7) is 2.08. The number of piperazine rings is 1. The predicted molar refractivity (Wildman–Crippen MR) is 157 cm³/mol. The second kappa shape index (κ2) is 13.7. The molecule has 1 unspecified atom stereocenters. The van der Waals surface area contributed by atoms with Crippen molar-refractivity contribution in [1.29, 1.82) is 0 Å². The molecule has 1 aliphatic heterocycles. The number of alkyl halides is 3. The minimum atomic E-state index is -4.45. The molecule has 0 spiro atoms. The normalized spacial score (nSPS) is 17.4. The summed E-state index contributed by atoms with van der Waals surface area (Å²) in [4.78, 5) is 40.7. The molecule has 1 saturated heterocycles. The van der Waals surface area contributed by atoms with Crippen LogP contribution in [0.3, 0.4) is 0 Å². The van der Waals surface area contributed by atoms with Gasteiger partial charge >= 0.3 is 18.1 Å². The van der Waals surface area contributed by atoms with Gasteiger partial charge in [-0.2, -0.15) is 13.2 Å². The molecular weight excluding hydrogens is 621 g/mol. The van der Waals surface area contributed by atoms with Crippen molar-refractivity contribution < 1.29 is 38.0 Å². The fourth-order valence-corrected chi connectivity index (χ4v) is 5.76. The van der Waals surface area contributed by atoms with Crippen LogP contribution >= 0.6 is 11.8 Å². The van der Waals surface area contributed by atoms with E-state index < -0.39 is 39.1 Å². The Bertz CT molecular complexity index is 1560. The van der Waals surface area contributed by atoms with Gasteiger partial charge in [-0.05, 0) is 64.8 Å². The summed E-state index contributed by atoms with van der Waals surface area (Å²) >= 11 is 1.03. The molecule has 0 aliphatic carbocycles. The second-order valence-corrected chi connectivity index (χ2v) is 11.8. The number of amides is 1. The molecule has 4 rings (SSSR count). The molecule has 1 aromatic heterocycles. The zero-order chi connectivity index (χ0) is 32.9. The van der Waals surface area contributed by atoms with Gasteiger partial charge in [-0.25, -0.2) is 4.79 Å². The molecule has 2 aromatic carbocycles. The van der Waals surface area contributed by atoms with E-state index in [2.05, 4.69) is 4.98 Å². The van der Waals surface area contributed by atoms with Gasteiger partial charge in [0.25, 0.3) is 10.8 Å². The van der Waals surface area contributed by atoms with Crippen molar-refractivity contribution >= 4 is 35.4 Å². The van der Waals surface area contributed by atoms with Crippen molar-refractivity contribution in [3.8, 4) is 0 Å². The Morgan fingerprint density at radius 2 is 1.73 bits per heavy atom. The van der Waals surface area contributed by atoms with Crippen LogP contribution < -0.4 is 0 Å². The Kier molecular flexibility index (Phi) is 10.1. The van der Waals surface area contributed by atoms with Crippen molar-refractivity contribution in [2.45, 2.75) is 47.8 Å². The van der Waals surface area contributed by atoms with Gasteiger partial charge in [-0.3, -0.25) is 19.6 Å². The monoisotopic (exact) mass is 650 g/mol. The van der Waals surface area contributed by atoms with E-state index in [4.69, 9.17) is 0 Å². The van der Waals surface area contributed by atoms with Crippen LogP contribution in [0.2, 0.25) is 0 Å². The first-order valence-electron chi connectivity index (χ1n) is 13.5. The quantitative estimate of drug-likeness (QED) is 0.203. The molecule has 240 valence electrons. The zero-order valence-corrected chi connectivity index (χ0v) is 24.6. The molecule has 17 heteroatoms. The van der Waals surface area contributed by atoms with Gasteiger partial charge in [-0.1, -0.05) is 24.3 Å². The van der Waals surface area contributed by atoms with Crippen LogP contribution in [-0.4, -0.2) is 83.3 Å². The number of rotatable bonds is 11. The highest BCUT2D eigenvalue weighted by Gasteiger charge is 2.35. The van der Waals surface area contributed by atoms with Gasteiger partial charge in [-0.15, -0.1) is 0 Å². The first-order chi connectivity index (χ1) is 21.1. The lowest BCUT2D eigenvalue weighted by molar-refractivity contribution is -0.389. The first kappa shape index (κ1) is 33.4. The van der Waals surface area contributed by atoms with Gasteiger partial charge in [0.05, 0.1) is 22.6 Å². The summed E-state index contributed by atoms with van der Waals surface area (Å²) in [6, 6.07) is 9.80. The van der Waals surface area contributed by atoms with Gasteiger partial charge in [0, 0.05) is 49.2 Å². The zero-order valence-electron chi connectivity index (χ0n) is 23.8. The molecule has 2 N–H and O–H groups in total. The van der Waals surface area contributed by atoms with E-state index in [0.717, 1.165) is 23.9 Å². The largest absolute Gasteiger partial charge is 0.465 e. The number of aromatic nitrogens is 2. The average molecular weight is 651 g/mol. The number of carbonyl (C=O) groups is 1. The van der Waals surface area contributed by atoms with E-state index in [9.17, 15) is 48.4 Å². The summed E-state index contributed by atoms with van der Waals surface area (Å²) in [5, 5.41) is 43.6. The molecule has 0 saturated carbocycles. The maximum atomic E-state index is 12.9. The highest BCUT2D eigenvalue weighted by Crippen LogP contribution is 2.32. The smallest absolute Gasteiger partial charge is 0.416 e. The van der Waals surface area contributed by atoms with Crippen LogP contribution in [-0.2, 0) is 12.7 Å². The van der Waals surface area contributed by atoms with E-state index in [0.29, 0.717) is 16.9 Å². The molecule has 45 heavy (non-hydrogen) atoms. The number of hydrogen-bond acceptors (Lipinski definition) is 9. The fourth-order valence-electron chi connectivity index (χ4n) is 4.91. The van der Waals surface area contributed by atoms with E-state index >= 15 is 0 Å². The molecule has 13 nitrogen and oxygen atoms in total. The van der Waals surface area contributed by atoms with Crippen molar-refractivity contribution in [2.75, 3.05) is 26.2 Å². The summed E-state index contributed by atoms with van der Waals surface area (Å²) in [5.74, 6) is -0.448. The number of β-amino-alcohol motifs (C(OH)–C–C–N with tert-alkyl or cyclic N) is 1. The number of halogens is 3. The number of nitrogens with zero attached hydrogens (tertiary/aromatic N) is 6. The van der Waals surface area contributed by atoms with E-state index in [1.54, 1.807) is 12.2 Å². The topological polar surface area (TPSA) is 168 Å². The molecule has 1 aliphatic rings. The molecule has 2 heterocycles. The number of carboxylic acid groups (broad SMARTS) is 1. The maximum Gasteiger partial charge on any atom is 0.416 e. The number of nitro benzene ring substituents is 1. The van der Waals surface area contributed by atoms with Crippen LogP contribution in [0.15, 0.2) is 70.9 Å². The first-order valence-corrected chi connectivity index (χ1v) is 14.3. The van der Waals surface area contributed by atoms with Crippen LogP contribution in [0.1, 0.15) is 24.5 Å².